The van der Waals surface area contributed by atoms with E-state index in [1.165, 1.54) is 21.6 Å². The minimum absolute atomic E-state index is 0.385. The first kappa shape index (κ1) is 16.1. The van der Waals surface area contributed by atoms with Crippen LogP contribution >= 0.6 is 11.8 Å². The maximum Gasteiger partial charge on any atom is 0.0372 e. The highest BCUT2D eigenvalue weighted by Gasteiger charge is 2.14. The van der Waals surface area contributed by atoms with Crippen molar-refractivity contribution in [3.63, 3.8) is 0 Å². The lowest BCUT2D eigenvalue weighted by Gasteiger charge is -2.21. The second-order valence-corrected chi connectivity index (χ2v) is 6.29. The van der Waals surface area contributed by atoms with E-state index in [-0.39, 0.29) is 0 Å². The Morgan fingerprint density at radius 1 is 1.05 bits per heavy atom. The Balaban J connectivity index is 2.23. The van der Waals surface area contributed by atoms with Crippen molar-refractivity contribution >= 4 is 11.8 Å². The summed E-state index contributed by atoms with van der Waals surface area (Å²) in [5.74, 6) is 0. The van der Waals surface area contributed by atoms with Gasteiger partial charge >= 0.3 is 0 Å². The van der Waals surface area contributed by atoms with Crippen molar-refractivity contribution in [3.05, 3.63) is 65.2 Å². The summed E-state index contributed by atoms with van der Waals surface area (Å²) in [6.45, 7) is 5.41. The summed E-state index contributed by atoms with van der Waals surface area (Å²) in [4.78, 5) is 1.37. The van der Waals surface area contributed by atoms with Crippen LogP contribution in [0.25, 0.3) is 0 Å². The molecule has 0 fully saturated rings. The maximum atomic E-state index is 3.71. The highest BCUT2D eigenvalue weighted by molar-refractivity contribution is 7.98. The third-order valence-corrected chi connectivity index (χ3v) is 4.53. The molecule has 2 aromatic carbocycles. The Bertz CT molecular complexity index is 548. The molecule has 0 aliphatic heterocycles. The number of rotatable bonds is 7. The topological polar surface area (TPSA) is 12.0 Å². The molecule has 2 rings (SSSR count). The fourth-order valence-corrected chi connectivity index (χ4v) is 3.19. The average Bonchev–Trinajstić information content (AvgIpc) is 2.53. The molecule has 112 valence electrons. The molecule has 0 bridgehead atoms. The predicted octanol–water partition coefficient (Wildman–Crippen LogP) is 5.00. The highest BCUT2D eigenvalue weighted by Crippen LogP contribution is 2.28. The molecule has 2 heteroatoms. The van der Waals surface area contributed by atoms with Crippen LogP contribution in [-0.4, -0.2) is 12.8 Å². The number of hydrogen-bond acceptors (Lipinski definition) is 2. The summed E-state index contributed by atoms with van der Waals surface area (Å²) in [6, 6.07) is 18.0. The lowest BCUT2D eigenvalue weighted by molar-refractivity contribution is 0.523. The minimum atomic E-state index is 0.385. The summed E-state index contributed by atoms with van der Waals surface area (Å²) >= 11 is 1.83. The number of thioether (sulfide) groups is 1. The Morgan fingerprint density at radius 2 is 1.76 bits per heavy atom. The summed E-state index contributed by atoms with van der Waals surface area (Å²) in [5, 5.41) is 3.71. The van der Waals surface area contributed by atoms with Gasteiger partial charge in [0.2, 0.25) is 0 Å². The van der Waals surface area contributed by atoms with Gasteiger partial charge in [-0.05, 0) is 49.8 Å². The van der Waals surface area contributed by atoms with Crippen LogP contribution in [0.3, 0.4) is 0 Å². The van der Waals surface area contributed by atoms with E-state index in [4.69, 9.17) is 0 Å². The molecule has 1 nitrogen and oxygen atoms in total. The molecule has 0 heterocycles. The van der Waals surface area contributed by atoms with Crippen molar-refractivity contribution in [1.29, 1.82) is 0 Å². The minimum Gasteiger partial charge on any atom is -0.310 e. The maximum absolute atomic E-state index is 3.71. The van der Waals surface area contributed by atoms with Gasteiger partial charge in [-0.15, -0.1) is 11.8 Å². The summed E-state index contributed by atoms with van der Waals surface area (Å²) in [6.07, 6.45) is 4.35. The van der Waals surface area contributed by atoms with Gasteiger partial charge in [-0.2, -0.15) is 0 Å². The molecule has 0 saturated carbocycles. The van der Waals surface area contributed by atoms with Gasteiger partial charge in [0.25, 0.3) is 0 Å². The van der Waals surface area contributed by atoms with Gasteiger partial charge in [-0.25, -0.2) is 0 Å². The van der Waals surface area contributed by atoms with Crippen LogP contribution in [0.1, 0.15) is 36.1 Å². The molecule has 0 spiro atoms. The molecule has 0 aliphatic carbocycles. The third kappa shape index (κ3) is 4.62. The van der Waals surface area contributed by atoms with E-state index in [9.17, 15) is 0 Å². The lowest BCUT2D eigenvalue weighted by atomic mass is 9.98. The van der Waals surface area contributed by atoms with Crippen LogP contribution in [0, 0.1) is 6.92 Å². The van der Waals surface area contributed by atoms with Crippen LogP contribution in [-0.2, 0) is 6.42 Å². The van der Waals surface area contributed by atoms with E-state index in [0.717, 1.165) is 19.4 Å². The summed E-state index contributed by atoms with van der Waals surface area (Å²) < 4.78 is 0. The van der Waals surface area contributed by atoms with E-state index in [0.29, 0.717) is 6.04 Å². The highest BCUT2D eigenvalue weighted by atomic mass is 32.2. The molecule has 0 radical (unpaired) electrons. The Hall–Kier alpha value is -1.25. The van der Waals surface area contributed by atoms with Crippen molar-refractivity contribution < 1.29 is 0 Å². The zero-order valence-corrected chi connectivity index (χ0v) is 14.0. The SMILES string of the molecule is CCCNC(Cc1ccc(C)cc1)c1ccccc1SC. The molecular formula is C19H25NS. The van der Waals surface area contributed by atoms with Crippen LogP contribution in [0.15, 0.2) is 53.4 Å². The fraction of sp³-hybridized carbons (Fsp3) is 0.368. The van der Waals surface area contributed by atoms with Crippen molar-refractivity contribution in [3.8, 4) is 0 Å². The second-order valence-electron chi connectivity index (χ2n) is 5.44. The van der Waals surface area contributed by atoms with Crippen molar-refractivity contribution in [2.75, 3.05) is 12.8 Å². The van der Waals surface area contributed by atoms with Crippen LogP contribution in [0.2, 0.25) is 0 Å². The normalized spacial score (nSPS) is 12.3. The predicted molar refractivity (Wildman–Crippen MR) is 94.1 cm³/mol. The molecular weight excluding hydrogens is 274 g/mol. The van der Waals surface area contributed by atoms with Gasteiger partial charge in [-0.1, -0.05) is 55.0 Å². The molecule has 1 unspecified atom stereocenters. The van der Waals surface area contributed by atoms with Gasteiger partial charge in [-0.3, -0.25) is 0 Å². The molecule has 2 aromatic rings. The van der Waals surface area contributed by atoms with Gasteiger partial charge < -0.3 is 5.32 Å². The van der Waals surface area contributed by atoms with Crippen molar-refractivity contribution in [2.45, 2.75) is 37.6 Å². The average molecular weight is 299 g/mol. The Kier molecular flexibility index (Phi) is 6.34. The zero-order valence-electron chi connectivity index (χ0n) is 13.2. The molecule has 0 aromatic heterocycles. The second kappa shape index (κ2) is 8.26. The first-order valence-corrected chi connectivity index (χ1v) is 8.89. The molecule has 1 N–H and O–H groups in total. The standard InChI is InChI=1S/C19H25NS/c1-4-13-20-18(14-16-11-9-15(2)10-12-16)17-7-5-6-8-19(17)21-3/h5-12,18,20H,4,13-14H2,1-3H3. The molecule has 0 amide bonds. The fourth-order valence-electron chi connectivity index (χ4n) is 2.52. The third-order valence-electron chi connectivity index (χ3n) is 3.72. The smallest absolute Gasteiger partial charge is 0.0372 e. The molecule has 1 atom stereocenters. The van der Waals surface area contributed by atoms with Crippen LogP contribution in [0.4, 0.5) is 0 Å². The summed E-state index contributed by atoms with van der Waals surface area (Å²) in [5.41, 5.74) is 4.13. The van der Waals surface area contributed by atoms with E-state index in [2.05, 4.69) is 74.0 Å². The van der Waals surface area contributed by atoms with E-state index >= 15 is 0 Å². The monoisotopic (exact) mass is 299 g/mol. The Morgan fingerprint density at radius 3 is 2.43 bits per heavy atom. The van der Waals surface area contributed by atoms with E-state index in [1.54, 1.807) is 0 Å². The molecule has 0 saturated heterocycles. The van der Waals surface area contributed by atoms with Crippen LogP contribution in [0.5, 0.6) is 0 Å². The first-order valence-electron chi connectivity index (χ1n) is 7.66. The lowest BCUT2D eigenvalue weighted by Crippen LogP contribution is -2.24. The van der Waals surface area contributed by atoms with Crippen molar-refractivity contribution in [1.82, 2.24) is 5.32 Å². The number of benzene rings is 2. The Labute approximate surface area is 133 Å². The largest absolute Gasteiger partial charge is 0.310 e. The van der Waals surface area contributed by atoms with Gasteiger partial charge in [0.15, 0.2) is 0 Å². The van der Waals surface area contributed by atoms with E-state index in [1.807, 2.05) is 11.8 Å². The molecule has 21 heavy (non-hydrogen) atoms. The zero-order chi connectivity index (χ0) is 15.1. The van der Waals surface area contributed by atoms with Gasteiger partial charge in [0.1, 0.15) is 0 Å². The first-order chi connectivity index (χ1) is 10.2. The number of hydrogen-bond donors (Lipinski definition) is 1. The molecule has 0 aliphatic rings. The van der Waals surface area contributed by atoms with Crippen molar-refractivity contribution in [2.24, 2.45) is 0 Å². The summed E-state index contributed by atoms with van der Waals surface area (Å²) in [7, 11) is 0. The van der Waals surface area contributed by atoms with Gasteiger partial charge in [0.05, 0.1) is 0 Å². The van der Waals surface area contributed by atoms with E-state index < -0.39 is 0 Å². The van der Waals surface area contributed by atoms with Crippen LogP contribution < -0.4 is 5.32 Å². The number of aryl methyl sites for hydroxylation is 1. The van der Waals surface area contributed by atoms with Gasteiger partial charge in [0, 0.05) is 10.9 Å². The quantitative estimate of drug-likeness (QED) is 0.722. The number of nitrogens with one attached hydrogen (secondary N) is 1.